The minimum atomic E-state index is -4.77. The molecule has 0 unspecified atom stereocenters. The summed E-state index contributed by atoms with van der Waals surface area (Å²) in [5.74, 6) is -1.58. The monoisotopic (exact) mass is 536 g/mol. The summed E-state index contributed by atoms with van der Waals surface area (Å²) in [5, 5.41) is 21.8. The van der Waals surface area contributed by atoms with Crippen LogP contribution in [0.4, 0.5) is 24.5 Å². The zero-order valence-electron chi connectivity index (χ0n) is 19.6. The van der Waals surface area contributed by atoms with Crippen molar-refractivity contribution in [3.8, 4) is 11.1 Å². The fourth-order valence-corrected chi connectivity index (χ4v) is 4.74. The molecular weight excluding hydrogens is 517 g/mol. The molecule has 194 valence electrons. The van der Waals surface area contributed by atoms with Crippen molar-refractivity contribution in [2.24, 2.45) is 12.8 Å². The SMILES string of the molecule is Cc1nn(CCC(=O)Nc2c(C(N)=O)sc3nc(C(F)(F)F)cc(-c4cnn(C)c4C)c23)cc1[N+](=O)[O-]. The van der Waals surface area contributed by atoms with Crippen LogP contribution in [0.1, 0.15) is 33.2 Å². The fourth-order valence-electron chi connectivity index (χ4n) is 3.73. The normalized spacial score (nSPS) is 11.7. The number of carbonyl (C=O) groups excluding carboxylic acids is 2. The molecule has 0 aliphatic carbocycles. The van der Waals surface area contributed by atoms with Crippen molar-refractivity contribution in [1.82, 2.24) is 24.5 Å². The molecule has 4 rings (SSSR count). The van der Waals surface area contributed by atoms with Gasteiger partial charge in [0.25, 0.3) is 5.91 Å². The van der Waals surface area contributed by atoms with Gasteiger partial charge in [-0.25, -0.2) is 4.98 Å². The Balaban J connectivity index is 1.78. The maximum absolute atomic E-state index is 13.6. The number of alkyl halides is 3. The van der Waals surface area contributed by atoms with Crippen LogP contribution in [0.3, 0.4) is 0 Å². The Labute approximate surface area is 210 Å². The molecule has 0 radical (unpaired) electrons. The average molecular weight is 536 g/mol. The second-order valence-corrected chi connectivity index (χ2v) is 9.09. The molecule has 0 bridgehead atoms. The van der Waals surface area contributed by atoms with Gasteiger partial charge in [-0.15, -0.1) is 11.3 Å². The molecule has 0 aliphatic rings. The minimum absolute atomic E-state index is 0.0282. The first-order valence-electron chi connectivity index (χ1n) is 10.6. The summed E-state index contributed by atoms with van der Waals surface area (Å²) >= 11 is 0.629. The topological polar surface area (TPSA) is 164 Å². The zero-order chi connectivity index (χ0) is 27.2. The first-order chi connectivity index (χ1) is 17.3. The van der Waals surface area contributed by atoms with Crippen molar-refractivity contribution in [2.75, 3.05) is 5.32 Å². The Morgan fingerprint density at radius 2 is 1.97 bits per heavy atom. The highest BCUT2D eigenvalue weighted by Crippen LogP contribution is 2.44. The quantitative estimate of drug-likeness (QED) is 0.269. The number of halogens is 3. The summed E-state index contributed by atoms with van der Waals surface area (Å²) in [6.45, 7) is 3.09. The van der Waals surface area contributed by atoms with E-state index in [1.54, 1.807) is 14.0 Å². The predicted molar refractivity (Wildman–Crippen MR) is 127 cm³/mol. The van der Waals surface area contributed by atoms with Crippen molar-refractivity contribution >= 4 is 44.7 Å². The highest BCUT2D eigenvalue weighted by Gasteiger charge is 2.35. The van der Waals surface area contributed by atoms with Gasteiger partial charge in [0.05, 0.1) is 16.8 Å². The molecular formula is C21H19F3N8O4S. The van der Waals surface area contributed by atoms with E-state index in [1.807, 2.05) is 0 Å². The number of hydrogen-bond donors (Lipinski definition) is 2. The smallest absolute Gasteiger partial charge is 0.365 e. The molecule has 0 saturated heterocycles. The van der Waals surface area contributed by atoms with E-state index >= 15 is 0 Å². The molecule has 0 saturated carbocycles. The highest BCUT2D eigenvalue weighted by atomic mass is 32.1. The van der Waals surface area contributed by atoms with Crippen LogP contribution in [-0.2, 0) is 24.6 Å². The van der Waals surface area contributed by atoms with Gasteiger partial charge in [-0.3, -0.25) is 29.1 Å². The summed E-state index contributed by atoms with van der Waals surface area (Å²) in [6.07, 6.45) is -2.42. The van der Waals surface area contributed by atoms with E-state index in [1.165, 1.54) is 28.7 Å². The molecule has 0 spiro atoms. The highest BCUT2D eigenvalue weighted by molar-refractivity contribution is 7.21. The lowest BCUT2D eigenvalue weighted by Crippen LogP contribution is -2.18. The van der Waals surface area contributed by atoms with E-state index in [-0.39, 0.29) is 50.7 Å². The lowest BCUT2D eigenvalue weighted by molar-refractivity contribution is -0.385. The van der Waals surface area contributed by atoms with Gasteiger partial charge < -0.3 is 11.1 Å². The minimum Gasteiger partial charge on any atom is -0.365 e. The lowest BCUT2D eigenvalue weighted by Gasteiger charge is -2.12. The number of pyridine rings is 1. The molecule has 16 heteroatoms. The number of aromatic nitrogens is 5. The third-order valence-corrected chi connectivity index (χ3v) is 6.75. The number of primary amides is 1. The molecule has 37 heavy (non-hydrogen) atoms. The summed E-state index contributed by atoms with van der Waals surface area (Å²) < 4.78 is 43.6. The summed E-state index contributed by atoms with van der Waals surface area (Å²) in [7, 11) is 1.62. The molecule has 4 heterocycles. The van der Waals surface area contributed by atoms with Crippen molar-refractivity contribution < 1.29 is 27.7 Å². The Hall–Kier alpha value is -4.34. The van der Waals surface area contributed by atoms with Crippen molar-refractivity contribution in [1.29, 1.82) is 0 Å². The van der Waals surface area contributed by atoms with Crippen LogP contribution in [0.2, 0.25) is 0 Å². The molecule has 12 nitrogen and oxygen atoms in total. The molecule has 4 aromatic rings. The van der Waals surface area contributed by atoms with Crippen LogP contribution in [0.15, 0.2) is 18.5 Å². The Kier molecular flexibility index (Phi) is 6.45. The molecule has 4 aromatic heterocycles. The number of nitrogens with zero attached hydrogens (tertiary/aromatic N) is 6. The Bertz CT molecular complexity index is 1570. The Morgan fingerprint density at radius 3 is 2.51 bits per heavy atom. The van der Waals surface area contributed by atoms with E-state index in [4.69, 9.17) is 5.73 Å². The second kappa shape index (κ2) is 9.27. The number of nitro groups is 1. The van der Waals surface area contributed by atoms with Crippen molar-refractivity contribution in [2.45, 2.75) is 33.0 Å². The van der Waals surface area contributed by atoms with Crippen LogP contribution in [-0.4, -0.2) is 41.3 Å². The van der Waals surface area contributed by atoms with Crippen molar-refractivity contribution in [3.05, 3.63) is 50.5 Å². The average Bonchev–Trinajstić information content (AvgIpc) is 3.47. The number of amides is 2. The fraction of sp³-hybridized carbons (Fsp3) is 0.286. The summed E-state index contributed by atoms with van der Waals surface area (Å²) in [5.41, 5.74) is 5.17. The lowest BCUT2D eigenvalue weighted by atomic mass is 10.0. The van der Waals surface area contributed by atoms with Crippen LogP contribution >= 0.6 is 11.3 Å². The number of rotatable bonds is 7. The summed E-state index contributed by atoms with van der Waals surface area (Å²) in [6, 6.07) is 0.838. The largest absolute Gasteiger partial charge is 0.433 e. The van der Waals surface area contributed by atoms with E-state index in [0.717, 1.165) is 6.07 Å². The third kappa shape index (κ3) is 4.87. The summed E-state index contributed by atoms with van der Waals surface area (Å²) in [4.78, 5) is 38.8. The predicted octanol–water partition coefficient (Wildman–Crippen LogP) is 3.56. The number of nitrogens with one attached hydrogen (secondary N) is 1. The van der Waals surface area contributed by atoms with Crippen LogP contribution < -0.4 is 11.1 Å². The van der Waals surface area contributed by atoms with Gasteiger partial charge in [0.1, 0.15) is 27.3 Å². The first-order valence-corrected chi connectivity index (χ1v) is 11.4. The molecule has 2 amide bonds. The molecule has 0 atom stereocenters. The number of anilines is 1. The van der Waals surface area contributed by atoms with E-state index in [2.05, 4.69) is 20.5 Å². The molecule has 0 fully saturated rings. The number of carbonyl (C=O) groups is 2. The van der Waals surface area contributed by atoms with Gasteiger partial charge in [-0.2, -0.15) is 23.4 Å². The van der Waals surface area contributed by atoms with Gasteiger partial charge in [0.2, 0.25) is 5.91 Å². The first kappa shape index (κ1) is 25.7. The molecule has 0 aliphatic heterocycles. The van der Waals surface area contributed by atoms with E-state index in [0.29, 0.717) is 22.6 Å². The van der Waals surface area contributed by atoms with Crippen LogP contribution in [0.25, 0.3) is 21.3 Å². The van der Waals surface area contributed by atoms with Gasteiger partial charge in [0.15, 0.2) is 0 Å². The number of thiophene rings is 1. The Morgan fingerprint density at radius 1 is 1.27 bits per heavy atom. The van der Waals surface area contributed by atoms with Gasteiger partial charge in [-0.05, 0) is 25.5 Å². The molecule has 0 aromatic carbocycles. The number of hydrogen-bond acceptors (Lipinski definition) is 8. The standard InChI is InChI=1S/C21H19F3N8O4S/c1-9-13(32(35)36)8-31(29-9)5-4-15(33)28-17-16-11(12-7-26-30(3)10(12)2)6-14(21(22,23)24)27-20(16)37-18(17)19(25)34/h6-8H,4-5H2,1-3H3,(H2,25,34)(H,28,33). The maximum Gasteiger partial charge on any atom is 0.433 e. The van der Waals surface area contributed by atoms with Gasteiger partial charge in [-0.1, -0.05) is 0 Å². The zero-order valence-corrected chi connectivity index (χ0v) is 20.4. The van der Waals surface area contributed by atoms with Crippen molar-refractivity contribution in [3.63, 3.8) is 0 Å². The van der Waals surface area contributed by atoms with Crippen LogP contribution in [0, 0.1) is 24.0 Å². The third-order valence-electron chi connectivity index (χ3n) is 5.65. The second-order valence-electron chi connectivity index (χ2n) is 8.09. The van der Waals surface area contributed by atoms with Crippen LogP contribution in [0.5, 0.6) is 0 Å². The number of nitrogens with two attached hydrogens (primary N) is 1. The maximum atomic E-state index is 13.6. The number of fused-ring (bicyclic) bond motifs is 1. The van der Waals surface area contributed by atoms with Gasteiger partial charge >= 0.3 is 11.9 Å². The van der Waals surface area contributed by atoms with Gasteiger partial charge in [0, 0.05) is 36.7 Å². The number of aryl methyl sites for hydroxylation is 3. The van der Waals surface area contributed by atoms with E-state index in [9.17, 15) is 32.9 Å². The van der Waals surface area contributed by atoms with E-state index < -0.39 is 28.6 Å². The molecule has 3 N–H and O–H groups in total.